The first-order valence-corrected chi connectivity index (χ1v) is 10.8. The number of anilines is 2. The van der Waals surface area contributed by atoms with Crippen LogP contribution in [0.1, 0.15) is 30.5 Å². The molecule has 0 saturated carbocycles. The van der Waals surface area contributed by atoms with Crippen molar-refractivity contribution in [3.8, 4) is 11.5 Å². The van der Waals surface area contributed by atoms with Gasteiger partial charge < -0.3 is 20.5 Å². The topological polar surface area (TPSA) is 73.6 Å². The van der Waals surface area contributed by atoms with Gasteiger partial charge in [0.05, 0.1) is 18.5 Å². The first-order chi connectivity index (χ1) is 16.0. The maximum atomic E-state index is 12.5. The van der Waals surface area contributed by atoms with Gasteiger partial charge in [-0.05, 0) is 56.2 Å². The molecule has 3 rings (SSSR count). The van der Waals surface area contributed by atoms with E-state index in [0.29, 0.717) is 30.2 Å². The predicted octanol–water partition coefficient (Wildman–Crippen LogP) is 6.02. The van der Waals surface area contributed by atoms with Crippen LogP contribution in [0.4, 0.5) is 11.4 Å². The molecule has 5 nitrogen and oxygen atoms in total. The normalized spacial score (nSPS) is 10.6. The molecule has 0 atom stereocenters. The van der Waals surface area contributed by atoms with Gasteiger partial charge in [-0.25, -0.2) is 0 Å². The van der Waals surface area contributed by atoms with Crippen molar-refractivity contribution in [2.45, 2.75) is 26.9 Å². The fraction of sp³-hybridized carbons (Fsp3) is 0.179. The quantitative estimate of drug-likeness (QED) is 0.242. The van der Waals surface area contributed by atoms with E-state index < -0.39 is 0 Å². The Hall–Kier alpha value is -3.99. The van der Waals surface area contributed by atoms with Crippen molar-refractivity contribution < 1.29 is 14.3 Å². The zero-order valence-corrected chi connectivity index (χ0v) is 19.3. The van der Waals surface area contributed by atoms with E-state index in [1.807, 2.05) is 54.6 Å². The van der Waals surface area contributed by atoms with Gasteiger partial charge in [-0.3, -0.25) is 4.79 Å². The number of methoxy groups -OCH3 is 1. The number of carbonyl (C=O) groups is 1. The fourth-order valence-corrected chi connectivity index (χ4v) is 3.30. The molecule has 0 unspecified atom stereocenters. The van der Waals surface area contributed by atoms with Crippen molar-refractivity contribution in [3.63, 3.8) is 0 Å². The molecular weight excluding hydrogens is 412 g/mol. The molecule has 1 amide bonds. The van der Waals surface area contributed by atoms with Crippen molar-refractivity contribution >= 4 is 23.4 Å². The Morgan fingerprint density at radius 1 is 1.00 bits per heavy atom. The highest BCUT2D eigenvalue weighted by Crippen LogP contribution is 2.35. The predicted molar refractivity (Wildman–Crippen MR) is 135 cm³/mol. The van der Waals surface area contributed by atoms with Gasteiger partial charge in [-0.2, -0.15) is 0 Å². The van der Waals surface area contributed by atoms with E-state index >= 15 is 0 Å². The number of hydrogen-bond donors (Lipinski definition) is 2. The minimum absolute atomic E-state index is 0.274. The lowest BCUT2D eigenvalue weighted by molar-refractivity contribution is -0.111. The average Bonchev–Trinajstić information content (AvgIpc) is 2.82. The minimum Gasteiger partial charge on any atom is -0.496 e. The summed E-state index contributed by atoms with van der Waals surface area (Å²) in [5, 5.41) is 2.81. The van der Waals surface area contributed by atoms with E-state index in [1.54, 1.807) is 25.3 Å². The van der Waals surface area contributed by atoms with Crippen LogP contribution in [0.15, 0.2) is 84.5 Å². The third-order valence-electron chi connectivity index (χ3n) is 5.04. The number of para-hydroxylation sites is 2. The van der Waals surface area contributed by atoms with Crippen molar-refractivity contribution in [2.75, 3.05) is 18.2 Å². The number of nitrogen functional groups attached to an aromatic ring is 1. The van der Waals surface area contributed by atoms with Gasteiger partial charge in [0.15, 0.2) is 0 Å². The number of allylic oxidation sites excluding steroid dienone is 2. The second-order valence-electron chi connectivity index (χ2n) is 7.83. The van der Waals surface area contributed by atoms with E-state index in [9.17, 15) is 4.79 Å². The van der Waals surface area contributed by atoms with Crippen LogP contribution in [0.5, 0.6) is 11.5 Å². The Bertz CT molecular complexity index is 1150. The molecule has 0 aliphatic heterocycles. The highest BCUT2D eigenvalue weighted by Gasteiger charge is 2.14. The van der Waals surface area contributed by atoms with Gasteiger partial charge in [0, 0.05) is 17.2 Å². The number of amides is 1. The van der Waals surface area contributed by atoms with Crippen LogP contribution < -0.4 is 20.5 Å². The van der Waals surface area contributed by atoms with Crippen LogP contribution in [-0.4, -0.2) is 13.0 Å². The number of ether oxygens (including phenoxy) is 2. The van der Waals surface area contributed by atoms with Crippen LogP contribution in [-0.2, 0) is 17.8 Å². The van der Waals surface area contributed by atoms with E-state index in [2.05, 4.69) is 25.2 Å². The molecule has 0 fully saturated rings. The second kappa shape index (κ2) is 11.6. The molecule has 0 bridgehead atoms. The third-order valence-corrected chi connectivity index (χ3v) is 5.04. The Morgan fingerprint density at radius 2 is 1.73 bits per heavy atom. The van der Waals surface area contributed by atoms with Gasteiger partial charge in [0.25, 0.3) is 0 Å². The molecule has 0 radical (unpaired) electrons. The number of carbonyl (C=O) groups excluding carboxylic acids is 1. The van der Waals surface area contributed by atoms with E-state index in [1.165, 1.54) is 11.6 Å². The summed E-state index contributed by atoms with van der Waals surface area (Å²) in [7, 11) is 1.65. The van der Waals surface area contributed by atoms with Gasteiger partial charge in [0.2, 0.25) is 5.91 Å². The Balaban J connectivity index is 1.92. The number of rotatable bonds is 9. The summed E-state index contributed by atoms with van der Waals surface area (Å²) in [5.74, 6) is 1.16. The van der Waals surface area contributed by atoms with Crippen LogP contribution in [0.2, 0.25) is 0 Å². The monoisotopic (exact) mass is 442 g/mol. The first kappa shape index (κ1) is 23.7. The highest BCUT2D eigenvalue weighted by molar-refractivity contribution is 6.03. The van der Waals surface area contributed by atoms with Crippen LogP contribution in [0.3, 0.4) is 0 Å². The molecule has 5 heteroatoms. The molecule has 3 N–H and O–H groups in total. The standard InChI is InChI=1S/C28H30N2O3/c1-20(2)13-16-23-26(32-3)17-14-22(28(23)33-19-21-9-5-4-6-10-21)15-18-27(31)30-25-12-8-7-11-24(25)29/h4-15,17-18H,16,19,29H2,1-3H3,(H,30,31)/b18-15+. The number of benzene rings is 3. The zero-order chi connectivity index (χ0) is 23.6. The second-order valence-corrected chi connectivity index (χ2v) is 7.83. The van der Waals surface area contributed by atoms with Gasteiger partial charge >= 0.3 is 0 Å². The van der Waals surface area contributed by atoms with E-state index in [4.69, 9.17) is 15.2 Å². The summed E-state index contributed by atoms with van der Waals surface area (Å²) in [6.45, 7) is 4.52. The molecule has 0 aromatic heterocycles. The lowest BCUT2D eigenvalue weighted by Gasteiger charge is -2.17. The molecule has 170 valence electrons. The van der Waals surface area contributed by atoms with Gasteiger partial charge in [-0.15, -0.1) is 0 Å². The summed E-state index contributed by atoms with van der Waals surface area (Å²) in [6, 6.07) is 20.9. The number of hydrogen-bond acceptors (Lipinski definition) is 4. The number of nitrogens with one attached hydrogen (secondary N) is 1. The van der Waals surface area contributed by atoms with Gasteiger partial charge in [-0.1, -0.05) is 54.1 Å². The molecule has 3 aromatic carbocycles. The minimum atomic E-state index is -0.274. The molecule has 33 heavy (non-hydrogen) atoms. The Morgan fingerprint density at radius 3 is 2.42 bits per heavy atom. The van der Waals surface area contributed by atoms with E-state index in [-0.39, 0.29) is 5.91 Å². The molecule has 0 spiro atoms. The third kappa shape index (κ3) is 6.74. The van der Waals surface area contributed by atoms with Crippen LogP contribution >= 0.6 is 0 Å². The molecule has 0 saturated heterocycles. The largest absolute Gasteiger partial charge is 0.496 e. The summed E-state index contributed by atoms with van der Waals surface area (Å²) in [5.41, 5.74) is 11.0. The summed E-state index contributed by atoms with van der Waals surface area (Å²) in [4.78, 5) is 12.5. The van der Waals surface area contributed by atoms with Gasteiger partial charge in [0.1, 0.15) is 18.1 Å². The summed E-state index contributed by atoms with van der Waals surface area (Å²) < 4.78 is 11.9. The van der Waals surface area contributed by atoms with E-state index in [0.717, 1.165) is 22.4 Å². The first-order valence-electron chi connectivity index (χ1n) is 10.8. The van der Waals surface area contributed by atoms with Crippen molar-refractivity contribution in [1.82, 2.24) is 0 Å². The SMILES string of the molecule is COc1ccc(/C=C/C(=O)Nc2ccccc2N)c(OCc2ccccc2)c1CC=C(C)C. The maximum absolute atomic E-state index is 12.5. The van der Waals surface area contributed by atoms with Crippen molar-refractivity contribution in [1.29, 1.82) is 0 Å². The van der Waals surface area contributed by atoms with Crippen LogP contribution in [0.25, 0.3) is 6.08 Å². The lowest BCUT2D eigenvalue weighted by atomic mass is 10.0. The summed E-state index contributed by atoms with van der Waals surface area (Å²) in [6.07, 6.45) is 6.02. The highest BCUT2D eigenvalue weighted by atomic mass is 16.5. The Labute approximate surface area is 195 Å². The number of nitrogens with two attached hydrogens (primary N) is 1. The molecular formula is C28H30N2O3. The Kier molecular flexibility index (Phi) is 8.30. The van der Waals surface area contributed by atoms with Crippen molar-refractivity contribution in [3.05, 3.63) is 101 Å². The zero-order valence-electron chi connectivity index (χ0n) is 19.3. The lowest BCUT2D eigenvalue weighted by Crippen LogP contribution is -2.09. The fourth-order valence-electron chi connectivity index (χ4n) is 3.30. The maximum Gasteiger partial charge on any atom is 0.248 e. The smallest absolute Gasteiger partial charge is 0.248 e. The average molecular weight is 443 g/mol. The van der Waals surface area contributed by atoms with Crippen LogP contribution in [0, 0.1) is 0 Å². The van der Waals surface area contributed by atoms with Crippen molar-refractivity contribution in [2.24, 2.45) is 0 Å². The molecule has 0 aliphatic rings. The molecule has 0 aliphatic carbocycles. The molecule has 0 heterocycles. The summed E-state index contributed by atoms with van der Waals surface area (Å²) >= 11 is 0. The molecule has 3 aromatic rings.